The van der Waals surface area contributed by atoms with Crippen LogP contribution in [0.15, 0.2) is 42.7 Å². The largest absolute Gasteiger partial charge is 0.322 e. The summed E-state index contributed by atoms with van der Waals surface area (Å²) in [6.07, 6.45) is 8.15. The molecular weight excluding hydrogens is 214 g/mol. The van der Waals surface area contributed by atoms with Gasteiger partial charge in [-0.1, -0.05) is 12.0 Å². The third kappa shape index (κ3) is 2.67. The summed E-state index contributed by atoms with van der Waals surface area (Å²) in [5.74, 6) is 2.27. The summed E-state index contributed by atoms with van der Waals surface area (Å²) in [5, 5.41) is 9.97. The first-order chi connectivity index (χ1) is 8.29. The number of hydrogen-bond donors (Lipinski definition) is 1. The molecular formula is C13H9N3O. The molecule has 2 rings (SSSR count). The highest BCUT2D eigenvalue weighted by Gasteiger charge is 2.05. The zero-order valence-corrected chi connectivity index (χ0v) is 8.92. The number of aromatic nitrogens is 2. The fourth-order valence-electron chi connectivity index (χ4n) is 1.32. The average Bonchev–Trinajstić information content (AvgIpc) is 2.40. The van der Waals surface area contributed by atoms with E-state index in [2.05, 4.69) is 21.4 Å². The highest BCUT2D eigenvalue weighted by molar-refractivity contribution is 6.04. The molecule has 1 aromatic heterocycles. The van der Waals surface area contributed by atoms with Gasteiger partial charge in [0.1, 0.15) is 0 Å². The summed E-state index contributed by atoms with van der Waals surface area (Å²) in [6.45, 7) is 0. The Labute approximate surface area is 98.7 Å². The highest BCUT2D eigenvalue weighted by atomic mass is 16.1. The SMILES string of the molecule is C#Cc1cccc(NC(=O)c2ccnnc2)c1. The molecule has 0 unspecified atom stereocenters. The smallest absolute Gasteiger partial charge is 0.257 e. The molecule has 17 heavy (non-hydrogen) atoms. The fourth-order valence-corrected chi connectivity index (χ4v) is 1.32. The maximum atomic E-state index is 11.8. The first-order valence-electron chi connectivity index (χ1n) is 4.94. The van der Waals surface area contributed by atoms with Gasteiger partial charge in [0, 0.05) is 11.3 Å². The lowest BCUT2D eigenvalue weighted by Crippen LogP contribution is -2.12. The van der Waals surface area contributed by atoms with Crippen molar-refractivity contribution in [1.29, 1.82) is 0 Å². The Bertz CT molecular complexity index is 573. The van der Waals surface area contributed by atoms with Crippen LogP contribution in [-0.2, 0) is 0 Å². The van der Waals surface area contributed by atoms with Crippen molar-refractivity contribution >= 4 is 11.6 Å². The van der Waals surface area contributed by atoms with Crippen molar-refractivity contribution in [3.63, 3.8) is 0 Å². The Hall–Kier alpha value is -2.67. The molecule has 0 spiro atoms. The van der Waals surface area contributed by atoms with Crippen LogP contribution >= 0.6 is 0 Å². The molecule has 4 heteroatoms. The zero-order chi connectivity index (χ0) is 12.1. The minimum atomic E-state index is -0.242. The minimum absolute atomic E-state index is 0.242. The van der Waals surface area contributed by atoms with Crippen LogP contribution in [0.2, 0.25) is 0 Å². The van der Waals surface area contributed by atoms with Crippen LogP contribution in [-0.4, -0.2) is 16.1 Å². The first kappa shape index (κ1) is 10.8. The Balaban J connectivity index is 2.17. The van der Waals surface area contributed by atoms with Crippen molar-refractivity contribution in [1.82, 2.24) is 10.2 Å². The van der Waals surface area contributed by atoms with E-state index in [0.29, 0.717) is 11.3 Å². The van der Waals surface area contributed by atoms with E-state index in [0.717, 1.165) is 5.56 Å². The maximum absolute atomic E-state index is 11.8. The van der Waals surface area contributed by atoms with Gasteiger partial charge in [-0.2, -0.15) is 10.2 Å². The monoisotopic (exact) mass is 223 g/mol. The summed E-state index contributed by atoms with van der Waals surface area (Å²) in [4.78, 5) is 11.8. The Morgan fingerprint density at radius 2 is 2.18 bits per heavy atom. The molecule has 1 N–H and O–H groups in total. The van der Waals surface area contributed by atoms with Crippen molar-refractivity contribution in [3.05, 3.63) is 53.9 Å². The van der Waals surface area contributed by atoms with Crippen LogP contribution in [0.25, 0.3) is 0 Å². The molecule has 0 aliphatic carbocycles. The molecule has 4 nitrogen and oxygen atoms in total. The number of carbonyl (C=O) groups excluding carboxylic acids is 1. The summed E-state index contributed by atoms with van der Waals surface area (Å²) < 4.78 is 0. The van der Waals surface area contributed by atoms with Gasteiger partial charge >= 0.3 is 0 Å². The van der Waals surface area contributed by atoms with Gasteiger partial charge in [-0.15, -0.1) is 6.42 Å². The van der Waals surface area contributed by atoms with E-state index in [1.807, 2.05) is 0 Å². The summed E-state index contributed by atoms with van der Waals surface area (Å²) >= 11 is 0. The van der Waals surface area contributed by atoms with E-state index < -0.39 is 0 Å². The van der Waals surface area contributed by atoms with E-state index in [1.54, 1.807) is 30.3 Å². The molecule has 82 valence electrons. The number of nitrogens with zero attached hydrogens (tertiary/aromatic N) is 2. The second kappa shape index (κ2) is 4.90. The van der Waals surface area contributed by atoms with Crippen LogP contribution < -0.4 is 5.32 Å². The van der Waals surface area contributed by atoms with Gasteiger partial charge < -0.3 is 5.32 Å². The lowest BCUT2D eigenvalue weighted by atomic mass is 10.2. The van der Waals surface area contributed by atoms with Crippen molar-refractivity contribution in [2.45, 2.75) is 0 Å². The molecule has 0 saturated heterocycles. The molecule has 0 aliphatic heterocycles. The Morgan fingerprint density at radius 1 is 1.29 bits per heavy atom. The lowest BCUT2D eigenvalue weighted by molar-refractivity contribution is 0.102. The van der Waals surface area contributed by atoms with Gasteiger partial charge in [-0.3, -0.25) is 4.79 Å². The van der Waals surface area contributed by atoms with Crippen LogP contribution in [0.3, 0.4) is 0 Å². The number of benzene rings is 1. The molecule has 1 heterocycles. The molecule has 1 aromatic carbocycles. The maximum Gasteiger partial charge on any atom is 0.257 e. The predicted octanol–water partition coefficient (Wildman–Crippen LogP) is 1.71. The van der Waals surface area contributed by atoms with E-state index in [1.165, 1.54) is 12.4 Å². The Kier molecular flexibility index (Phi) is 3.13. The number of carbonyl (C=O) groups is 1. The lowest BCUT2D eigenvalue weighted by Gasteiger charge is -2.04. The van der Waals surface area contributed by atoms with E-state index in [4.69, 9.17) is 6.42 Å². The third-order valence-corrected chi connectivity index (χ3v) is 2.13. The number of anilines is 1. The second-order valence-corrected chi connectivity index (χ2v) is 3.31. The molecule has 0 atom stereocenters. The molecule has 0 bridgehead atoms. The summed E-state index contributed by atoms with van der Waals surface area (Å²) in [5.41, 5.74) is 1.82. The number of rotatable bonds is 2. The number of amides is 1. The third-order valence-electron chi connectivity index (χ3n) is 2.13. The van der Waals surface area contributed by atoms with Gasteiger partial charge in [-0.25, -0.2) is 0 Å². The van der Waals surface area contributed by atoms with E-state index in [9.17, 15) is 4.79 Å². The molecule has 0 fully saturated rings. The van der Waals surface area contributed by atoms with Gasteiger partial charge in [0.05, 0.1) is 18.0 Å². The van der Waals surface area contributed by atoms with Gasteiger partial charge in [0.15, 0.2) is 0 Å². The van der Waals surface area contributed by atoms with Crippen LogP contribution in [0.5, 0.6) is 0 Å². The van der Waals surface area contributed by atoms with Gasteiger partial charge in [0.25, 0.3) is 5.91 Å². The number of hydrogen-bond acceptors (Lipinski definition) is 3. The predicted molar refractivity (Wildman–Crippen MR) is 64.4 cm³/mol. The Morgan fingerprint density at radius 3 is 2.88 bits per heavy atom. The van der Waals surface area contributed by atoms with Crippen LogP contribution in [0.1, 0.15) is 15.9 Å². The van der Waals surface area contributed by atoms with Crippen molar-refractivity contribution < 1.29 is 4.79 Å². The quantitative estimate of drug-likeness (QED) is 0.788. The second-order valence-electron chi connectivity index (χ2n) is 3.31. The molecule has 0 saturated carbocycles. The highest BCUT2D eigenvalue weighted by Crippen LogP contribution is 2.11. The average molecular weight is 223 g/mol. The standard InChI is InChI=1S/C13H9N3O/c1-2-10-4-3-5-12(8-10)16-13(17)11-6-7-14-15-9-11/h1,3-9H,(H,16,17). The summed E-state index contributed by atoms with van der Waals surface area (Å²) in [6, 6.07) is 8.67. The first-order valence-corrected chi connectivity index (χ1v) is 4.94. The van der Waals surface area contributed by atoms with E-state index in [-0.39, 0.29) is 5.91 Å². The van der Waals surface area contributed by atoms with E-state index >= 15 is 0 Å². The molecule has 0 radical (unpaired) electrons. The summed E-state index contributed by atoms with van der Waals surface area (Å²) in [7, 11) is 0. The fraction of sp³-hybridized carbons (Fsp3) is 0. The minimum Gasteiger partial charge on any atom is -0.322 e. The van der Waals surface area contributed by atoms with Crippen molar-refractivity contribution in [2.75, 3.05) is 5.32 Å². The molecule has 2 aromatic rings. The molecule has 1 amide bonds. The topological polar surface area (TPSA) is 54.9 Å². The zero-order valence-electron chi connectivity index (χ0n) is 8.92. The van der Waals surface area contributed by atoms with Crippen LogP contribution in [0, 0.1) is 12.3 Å². The van der Waals surface area contributed by atoms with Crippen molar-refractivity contribution in [3.8, 4) is 12.3 Å². The van der Waals surface area contributed by atoms with Crippen molar-refractivity contribution in [2.24, 2.45) is 0 Å². The van der Waals surface area contributed by atoms with Crippen LogP contribution in [0.4, 0.5) is 5.69 Å². The number of nitrogens with one attached hydrogen (secondary N) is 1. The number of terminal acetylenes is 1. The van der Waals surface area contributed by atoms with Gasteiger partial charge in [-0.05, 0) is 24.3 Å². The molecule has 0 aliphatic rings. The van der Waals surface area contributed by atoms with Gasteiger partial charge in [0.2, 0.25) is 0 Å². The normalized spacial score (nSPS) is 9.35.